The van der Waals surface area contributed by atoms with E-state index in [4.69, 9.17) is 4.42 Å². The molecule has 0 spiro atoms. The van der Waals surface area contributed by atoms with Crippen molar-refractivity contribution in [3.8, 4) is 11.5 Å². The summed E-state index contributed by atoms with van der Waals surface area (Å²) >= 11 is 0. The molecule has 0 atom stereocenters. The Kier molecular flexibility index (Phi) is 4.18. The van der Waals surface area contributed by atoms with Crippen LogP contribution in [0.1, 0.15) is 43.0 Å². The third-order valence-electron chi connectivity index (χ3n) is 4.83. The highest BCUT2D eigenvalue weighted by Crippen LogP contribution is 2.46. The maximum Gasteiger partial charge on any atom is 0.314 e. The summed E-state index contributed by atoms with van der Waals surface area (Å²) < 4.78 is 44.2. The molecule has 0 unspecified atom stereocenters. The summed E-state index contributed by atoms with van der Waals surface area (Å²) in [6.45, 7) is 0. The third kappa shape index (κ3) is 2.95. The molecular formula is C18H15F3N4O. The molecule has 26 heavy (non-hydrogen) atoms. The Morgan fingerprint density at radius 3 is 2.38 bits per heavy atom. The van der Waals surface area contributed by atoms with Crippen LogP contribution in [-0.4, -0.2) is 20.2 Å². The second kappa shape index (κ2) is 6.51. The minimum Gasteiger partial charge on any atom is -0.415 e. The van der Waals surface area contributed by atoms with Crippen molar-refractivity contribution in [3.05, 3.63) is 59.8 Å². The molecule has 1 saturated carbocycles. The quantitative estimate of drug-likeness (QED) is 0.680. The summed E-state index contributed by atoms with van der Waals surface area (Å²) in [5.41, 5.74) is 0.763. The van der Waals surface area contributed by atoms with Gasteiger partial charge in [0.25, 0.3) is 11.8 Å². The number of nitrogens with zero attached hydrogens (tertiary/aromatic N) is 4. The van der Waals surface area contributed by atoms with E-state index in [-0.39, 0.29) is 17.1 Å². The molecule has 1 aliphatic rings. The molecule has 0 aliphatic heterocycles. The van der Waals surface area contributed by atoms with Crippen LogP contribution in [0, 0.1) is 5.82 Å². The highest BCUT2D eigenvalue weighted by Gasteiger charge is 2.41. The SMILES string of the molecule is Fc1ccccc1C1(Cc2ncc(-c3nnc(C(F)F)o3)cn2)CCC1. The van der Waals surface area contributed by atoms with Gasteiger partial charge in [-0.3, -0.25) is 0 Å². The summed E-state index contributed by atoms with van der Waals surface area (Å²) in [6, 6.07) is 6.79. The Morgan fingerprint density at radius 1 is 1.08 bits per heavy atom. The zero-order valence-corrected chi connectivity index (χ0v) is 13.7. The van der Waals surface area contributed by atoms with E-state index in [0.717, 1.165) is 19.3 Å². The van der Waals surface area contributed by atoms with Crippen molar-refractivity contribution in [3.63, 3.8) is 0 Å². The van der Waals surface area contributed by atoms with Gasteiger partial charge in [-0.05, 0) is 24.5 Å². The predicted octanol–water partition coefficient (Wildman–Crippen LogP) is 4.27. The molecule has 8 heteroatoms. The van der Waals surface area contributed by atoms with Crippen molar-refractivity contribution in [2.45, 2.75) is 37.5 Å². The van der Waals surface area contributed by atoms with Crippen molar-refractivity contribution in [2.75, 3.05) is 0 Å². The van der Waals surface area contributed by atoms with E-state index < -0.39 is 12.3 Å². The van der Waals surface area contributed by atoms with Gasteiger partial charge in [-0.15, -0.1) is 10.2 Å². The van der Waals surface area contributed by atoms with Crippen molar-refractivity contribution in [1.29, 1.82) is 0 Å². The Hall–Kier alpha value is -2.77. The first-order valence-corrected chi connectivity index (χ1v) is 8.25. The molecule has 0 radical (unpaired) electrons. The number of benzene rings is 1. The normalized spacial score (nSPS) is 15.8. The fourth-order valence-electron chi connectivity index (χ4n) is 3.33. The minimum atomic E-state index is -2.82. The fraction of sp³-hybridized carbons (Fsp3) is 0.333. The number of hydrogen-bond donors (Lipinski definition) is 0. The first-order chi connectivity index (χ1) is 12.6. The van der Waals surface area contributed by atoms with Crippen molar-refractivity contribution in [2.24, 2.45) is 0 Å². The molecule has 2 aromatic heterocycles. The molecule has 0 saturated heterocycles. The Bertz CT molecular complexity index is 907. The minimum absolute atomic E-state index is 0.0562. The van der Waals surface area contributed by atoms with Gasteiger partial charge in [-0.2, -0.15) is 8.78 Å². The second-order valence-corrected chi connectivity index (χ2v) is 6.42. The maximum absolute atomic E-state index is 14.2. The van der Waals surface area contributed by atoms with E-state index in [1.165, 1.54) is 18.5 Å². The van der Waals surface area contributed by atoms with Gasteiger partial charge in [-0.25, -0.2) is 14.4 Å². The summed E-state index contributed by atoms with van der Waals surface area (Å²) in [6.07, 6.45) is 3.39. The van der Waals surface area contributed by atoms with Crippen LogP contribution in [0.25, 0.3) is 11.5 Å². The molecular weight excluding hydrogens is 345 g/mol. The highest BCUT2D eigenvalue weighted by atomic mass is 19.3. The van der Waals surface area contributed by atoms with E-state index in [2.05, 4.69) is 20.2 Å². The van der Waals surface area contributed by atoms with E-state index >= 15 is 0 Å². The lowest BCUT2D eigenvalue weighted by Gasteiger charge is -2.42. The summed E-state index contributed by atoms with van der Waals surface area (Å²) in [4.78, 5) is 8.56. The molecule has 1 aliphatic carbocycles. The molecule has 4 rings (SSSR count). The molecule has 1 aromatic carbocycles. The second-order valence-electron chi connectivity index (χ2n) is 6.42. The van der Waals surface area contributed by atoms with Gasteiger partial charge in [0.2, 0.25) is 0 Å². The van der Waals surface area contributed by atoms with Crippen LogP contribution in [0.3, 0.4) is 0 Å². The monoisotopic (exact) mass is 360 g/mol. The molecule has 0 amide bonds. The van der Waals surface area contributed by atoms with Crippen LogP contribution in [0.4, 0.5) is 13.2 Å². The maximum atomic E-state index is 14.2. The predicted molar refractivity (Wildman–Crippen MR) is 85.9 cm³/mol. The number of rotatable bonds is 5. The first kappa shape index (κ1) is 16.7. The van der Waals surface area contributed by atoms with Crippen LogP contribution in [-0.2, 0) is 11.8 Å². The van der Waals surface area contributed by atoms with Crippen molar-refractivity contribution >= 4 is 0 Å². The fourth-order valence-corrected chi connectivity index (χ4v) is 3.33. The van der Waals surface area contributed by atoms with Crippen LogP contribution < -0.4 is 0 Å². The highest BCUT2D eigenvalue weighted by molar-refractivity contribution is 5.48. The number of halogens is 3. The Balaban J connectivity index is 1.56. The lowest BCUT2D eigenvalue weighted by Crippen LogP contribution is -2.38. The van der Waals surface area contributed by atoms with Gasteiger partial charge in [-0.1, -0.05) is 24.6 Å². The molecule has 0 bridgehead atoms. The van der Waals surface area contributed by atoms with Gasteiger partial charge in [0.1, 0.15) is 11.6 Å². The van der Waals surface area contributed by atoms with Crippen LogP contribution in [0.15, 0.2) is 41.1 Å². The van der Waals surface area contributed by atoms with Crippen LogP contribution in [0.5, 0.6) is 0 Å². The Morgan fingerprint density at radius 2 is 1.81 bits per heavy atom. The van der Waals surface area contributed by atoms with Gasteiger partial charge >= 0.3 is 6.43 Å². The van der Waals surface area contributed by atoms with Gasteiger partial charge < -0.3 is 4.42 Å². The summed E-state index contributed by atoms with van der Waals surface area (Å²) in [7, 11) is 0. The average molecular weight is 360 g/mol. The van der Waals surface area contributed by atoms with Crippen LogP contribution in [0.2, 0.25) is 0 Å². The summed E-state index contributed by atoms with van der Waals surface area (Å²) in [5.74, 6) is -0.448. The molecule has 3 aromatic rings. The van der Waals surface area contributed by atoms with Gasteiger partial charge in [0.05, 0.1) is 5.56 Å². The number of aromatic nitrogens is 4. The van der Waals surface area contributed by atoms with Crippen molar-refractivity contribution < 1.29 is 17.6 Å². The zero-order valence-electron chi connectivity index (χ0n) is 13.7. The molecule has 2 heterocycles. The largest absolute Gasteiger partial charge is 0.415 e. The molecule has 0 N–H and O–H groups in total. The van der Waals surface area contributed by atoms with E-state index in [9.17, 15) is 13.2 Å². The van der Waals surface area contributed by atoms with Crippen LogP contribution >= 0.6 is 0 Å². The average Bonchev–Trinajstić information content (AvgIpc) is 3.10. The molecule has 1 fully saturated rings. The molecule has 5 nitrogen and oxygen atoms in total. The first-order valence-electron chi connectivity index (χ1n) is 8.25. The third-order valence-corrected chi connectivity index (χ3v) is 4.83. The number of hydrogen-bond acceptors (Lipinski definition) is 5. The summed E-state index contributed by atoms with van der Waals surface area (Å²) in [5, 5.41) is 6.85. The van der Waals surface area contributed by atoms with Gasteiger partial charge in [0, 0.05) is 24.2 Å². The smallest absolute Gasteiger partial charge is 0.314 e. The van der Waals surface area contributed by atoms with E-state index in [1.54, 1.807) is 6.07 Å². The standard InChI is InChI=1S/C18H15F3N4O/c19-13-5-2-1-4-12(13)18(6-3-7-18)8-14-22-9-11(10-23-14)16-24-25-17(26-16)15(20)21/h1-2,4-5,9-10,15H,3,6-8H2. The Labute approximate surface area is 147 Å². The van der Waals surface area contributed by atoms with E-state index in [0.29, 0.717) is 23.4 Å². The lowest BCUT2D eigenvalue weighted by molar-refractivity contribution is 0.116. The molecule has 134 valence electrons. The zero-order chi connectivity index (χ0) is 18.1. The van der Waals surface area contributed by atoms with Crippen molar-refractivity contribution in [1.82, 2.24) is 20.2 Å². The van der Waals surface area contributed by atoms with E-state index in [1.807, 2.05) is 12.1 Å². The number of alkyl halides is 2. The lowest BCUT2D eigenvalue weighted by atomic mass is 9.62. The van der Waals surface area contributed by atoms with Gasteiger partial charge in [0.15, 0.2) is 0 Å². The topological polar surface area (TPSA) is 64.7 Å².